The average Bonchev–Trinajstić information content (AvgIpc) is 2.83. The SMILES string of the molecule is C/C(=C/C(OCc1ncc(F)cc1F)=C(\C)Cl)N(C=O)c1cc(-n2cccc(C(C)(C)O)c2=O)ncc1C. The van der Waals surface area contributed by atoms with Crippen LogP contribution in [0.25, 0.3) is 5.82 Å². The fourth-order valence-corrected chi connectivity index (χ4v) is 3.67. The van der Waals surface area contributed by atoms with Crippen LogP contribution in [0.4, 0.5) is 14.5 Å². The highest BCUT2D eigenvalue weighted by Gasteiger charge is 2.22. The van der Waals surface area contributed by atoms with Crippen molar-refractivity contribution in [3.8, 4) is 5.82 Å². The quantitative estimate of drug-likeness (QED) is 0.231. The number of hydrogen-bond donors (Lipinski definition) is 1. The summed E-state index contributed by atoms with van der Waals surface area (Å²) in [4.78, 5) is 34.5. The summed E-state index contributed by atoms with van der Waals surface area (Å²) in [5.41, 5.74) is -0.303. The molecule has 8 nitrogen and oxygen atoms in total. The van der Waals surface area contributed by atoms with Crippen molar-refractivity contribution in [2.75, 3.05) is 4.90 Å². The normalized spacial score (nSPS) is 12.7. The molecule has 1 N–H and O–H groups in total. The summed E-state index contributed by atoms with van der Waals surface area (Å²) < 4.78 is 34.0. The maximum absolute atomic E-state index is 14.0. The Balaban J connectivity index is 1.97. The molecule has 200 valence electrons. The van der Waals surface area contributed by atoms with Crippen molar-refractivity contribution >= 4 is 23.7 Å². The van der Waals surface area contributed by atoms with Gasteiger partial charge in [0.15, 0.2) is 5.82 Å². The molecule has 3 aromatic heterocycles. The number of aromatic nitrogens is 3. The molecular formula is C27H27ClF2N4O4. The van der Waals surface area contributed by atoms with Crippen LogP contribution < -0.4 is 10.5 Å². The summed E-state index contributed by atoms with van der Waals surface area (Å²) in [6.07, 6.45) is 5.97. The Bertz CT molecular complexity index is 1470. The van der Waals surface area contributed by atoms with E-state index in [1.807, 2.05) is 0 Å². The van der Waals surface area contributed by atoms with E-state index < -0.39 is 22.8 Å². The Labute approximate surface area is 223 Å². The van der Waals surface area contributed by atoms with Gasteiger partial charge in [-0.1, -0.05) is 11.6 Å². The van der Waals surface area contributed by atoms with Gasteiger partial charge in [0.25, 0.3) is 5.56 Å². The molecule has 0 aliphatic rings. The second kappa shape index (κ2) is 11.7. The molecule has 3 rings (SSSR count). The van der Waals surface area contributed by atoms with Crippen LogP contribution in [-0.4, -0.2) is 26.1 Å². The number of pyridine rings is 3. The number of allylic oxidation sites excluding steroid dienone is 3. The molecule has 1 amide bonds. The zero-order valence-corrected chi connectivity index (χ0v) is 22.3. The third-order valence-corrected chi connectivity index (χ3v) is 5.77. The van der Waals surface area contributed by atoms with Gasteiger partial charge in [0.05, 0.1) is 22.5 Å². The van der Waals surface area contributed by atoms with Gasteiger partial charge in [-0.3, -0.25) is 24.0 Å². The van der Waals surface area contributed by atoms with Crippen LogP contribution in [-0.2, 0) is 21.7 Å². The van der Waals surface area contributed by atoms with Crippen LogP contribution in [0.5, 0.6) is 0 Å². The number of halogens is 3. The van der Waals surface area contributed by atoms with Gasteiger partial charge in [0.1, 0.15) is 29.7 Å². The molecule has 3 aromatic rings. The number of carbonyl (C=O) groups excluding carboxylic acids is 1. The lowest BCUT2D eigenvalue weighted by Crippen LogP contribution is -2.31. The van der Waals surface area contributed by atoms with Crippen molar-refractivity contribution in [2.45, 2.75) is 46.8 Å². The number of ether oxygens (including phenoxy) is 1. The number of aryl methyl sites for hydroxylation is 1. The number of nitrogens with zero attached hydrogens (tertiary/aromatic N) is 4. The zero-order valence-electron chi connectivity index (χ0n) is 21.5. The molecule has 0 bridgehead atoms. The Morgan fingerprint density at radius 2 is 1.95 bits per heavy atom. The van der Waals surface area contributed by atoms with Gasteiger partial charge < -0.3 is 9.84 Å². The molecule has 0 aromatic carbocycles. The number of anilines is 1. The van der Waals surface area contributed by atoms with Gasteiger partial charge in [0.2, 0.25) is 6.41 Å². The molecule has 11 heteroatoms. The van der Waals surface area contributed by atoms with Crippen LogP contribution >= 0.6 is 11.6 Å². The van der Waals surface area contributed by atoms with Crippen molar-refractivity contribution in [3.05, 3.63) is 104 Å². The third-order valence-electron chi connectivity index (χ3n) is 5.59. The van der Waals surface area contributed by atoms with Gasteiger partial charge >= 0.3 is 0 Å². The van der Waals surface area contributed by atoms with Crippen molar-refractivity contribution in [2.24, 2.45) is 0 Å². The molecule has 0 aliphatic heterocycles. The number of amides is 1. The van der Waals surface area contributed by atoms with Crippen LogP contribution in [0.3, 0.4) is 0 Å². The predicted octanol–water partition coefficient (Wildman–Crippen LogP) is 5.00. The zero-order chi connectivity index (χ0) is 28.2. The van der Waals surface area contributed by atoms with Crippen molar-refractivity contribution in [1.29, 1.82) is 0 Å². The number of aliphatic hydroxyl groups is 1. The van der Waals surface area contributed by atoms with Gasteiger partial charge in [-0.25, -0.2) is 13.8 Å². The van der Waals surface area contributed by atoms with Crippen LogP contribution in [0, 0.1) is 18.6 Å². The average molecular weight is 545 g/mol. The highest BCUT2D eigenvalue weighted by Crippen LogP contribution is 2.26. The van der Waals surface area contributed by atoms with E-state index >= 15 is 0 Å². The summed E-state index contributed by atoms with van der Waals surface area (Å²) in [6, 6.07) is 5.42. The monoisotopic (exact) mass is 544 g/mol. The number of hydrogen-bond acceptors (Lipinski definition) is 6. The van der Waals surface area contributed by atoms with Gasteiger partial charge in [-0.05, 0) is 52.3 Å². The minimum Gasteiger partial charge on any atom is -0.486 e. The first-order valence-electron chi connectivity index (χ1n) is 11.5. The third kappa shape index (κ3) is 6.51. The topological polar surface area (TPSA) is 97.5 Å². The van der Waals surface area contributed by atoms with E-state index in [0.29, 0.717) is 29.4 Å². The second-order valence-electron chi connectivity index (χ2n) is 9.01. The van der Waals surface area contributed by atoms with E-state index in [9.17, 15) is 23.5 Å². The lowest BCUT2D eigenvalue weighted by atomic mass is 10.0. The molecule has 0 saturated carbocycles. The molecular weight excluding hydrogens is 518 g/mol. The molecule has 0 spiro atoms. The van der Waals surface area contributed by atoms with Gasteiger partial charge in [0, 0.05) is 41.9 Å². The lowest BCUT2D eigenvalue weighted by Gasteiger charge is -2.22. The summed E-state index contributed by atoms with van der Waals surface area (Å²) in [5, 5.41) is 10.6. The largest absolute Gasteiger partial charge is 0.486 e. The standard InChI is InChI=1S/C27H27ClF2N4O4/c1-16-12-32-25(33-8-6-7-20(26(33)36)27(4,5)37)11-23(16)34(15-35)17(2)9-24(18(3)28)38-14-22-21(30)10-19(29)13-31-22/h6-13,15,37H,14H2,1-5H3/b17-9-,24-18-. The smallest absolute Gasteiger partial charge is 0.262 e. The minimum absolute atomic E-state index is 0.117. The summed E-state index contributed by atoms with van der Waals surface area (Å²) in [7, 11) is 0. The van der Waals surface area contributed by atoms with Crippen molar-refractivity contribution in [3.63, 3.8) is 0 Å². The molecule has 0 unspecified atom stereocenters. The van der Waals surface area contributed by atoms with Crippen molar-refractivity contribution in [1.82, 2.24) is 14.5 Å². The fourth-order valence-electron chi connectivity index (χ4n) is 3.56. The highest BCUT2D eigenvalue weighted by atomic mass is 35.5. The molecule has 38 heavy (non-hydrogen) atoms. The second-order valence-corrected chi connectivity index (χ2v) is 9.58. The van der Waals surface area contributed by atoms with Gasteiger partial charge in [-0.15, -0.1) is 0 Å². The first-order valence-corrected chi connectivity index (χ1v) is 11.8. The molecule has 0 aliphatic carbocycles. The van der Waals surface area contributed by atoms with Crippen LogP contribution in [0.2, 0.25) is 0 Å². The van der Waals surface area contributed by atoms with E-state index in [-0.39, 0.29) is 34.5 Å². The Hall–Kier alpha value is -3.89. The summed E-state index contributed by atoms with van der Waals surface area (Å²) in [6.45, 7) is 7.63. The fraction of sp³-hybridized carbons (Fsp3) is 0.259. The first-order chi connectivity index (χ1) is 17.8. The summed E-state index contributed by atoms with van der Waals surface area (Å²) >= 11 is 6.18. The molecule has 0 atom stereocenters. The Morgan fingerprint density at radius 3 is 2.55 bits per heavy atom. The maximum Gasteiger partial charge on any atom is 0.262 e. The molecule has 0 saturated heterocycles. The Kier molecular flexibility index (Phi) is 8.80. The van der Waals surface area contributed by atoms with Crippen LogP contribution in [0.1, 0.15) is 44.5 Å². The summed E-state index contributed by atoms with van der Waals surface area (Å²) in [5.74, 6) is -1.30. The van der Waals surface area contributed by atoms with E-state index in [2.05, 4.69) is 9.97 Å². The van der Waals surface area contributed by atoms with Crippen LogP contribution in [0.15, 0.2) is 70.2 Å². The lowest BCUT2D eigenvalue weighted by molar-refractivity contribution is -0.107. The number of carbonyl (C=O) groups is 1. The predicted molar refractivity (Wildman–Crippen MR) is 140 cm³/mol. The first kappa shape index (κ1) is 28.7. The Morgan fingerprint density at radius 1 is 1.24 bits per heavy atom. The van der Waals surface area contributed by atoms with E-state index in [1.54, 1.807) is 32.9 Å². The maximum atomic E-state index is 14.0. The van der Waals surface area contributed by atoms with E-state index in [1.165, 1.54) is 47.9 Å². The van der Waals surface area contributed by atoms with E-state index in [4.69, 9.17) is 16.3 Å². The minimum atomic E-state index is -1.36. The van der Waals surface area contributed by atoms with Gasteiger partial charge in [-0.2, -0.15) is 0 Å². The van der Waals surface area contributed by atoms with E-state index in [0.717, 1.165) is 6.20 Å². The molecule has 0 fully saturated rings. The van der Waals surface area contributed by atoms with Crippen molar-refractivity contribution < 1.29 is 23.4 Å². The molecule has 0 radical (unpaired) electrons. The highest BCUT2D eigenvalue weighted by molar-refractivity contribution is 6.29. The number of rotatable bonds is 9. The molecule has 3 heterocycles.